The summed E-state index contributed by atoms with van der Waals surface area (Å²) in [6.45, 7) is 14.8. The van der Waals surface area contributed by atoms with Gasteiger partial charge in [-0.05, 0) is 44.4 Å². The van der Waals surface area contributed by atoms with Crippen LogP contribution in [0.15, 0.2) is 30.5 Å². The Kier molecular flexibility index (Phi) is 4.91. The van der Waals surface area contributed by atoms with Crippen molar-refractivity contribution in [2.75, 3.05) is 13.7 Å². The maximum absolute atomic E-state index is 6.49. The number of methoxy groups -OCH3 is 1. The molecule has 0 aliphatic carbocycles. The van der Waals surface area contributed by atoms with E-state index in [0.717, 1.165) is 35.4 Å². The number of aromatic nitrogens is 1. The lowest BCUT2D eigenvalue weighted by Crippen LogP contribution is -2.49. The zero-order valence-corrected chi connectivity index (χ0v) is 17.2. The Morgan fingerprint density at radius 1 is 1.08 bits per heavy atom. The highest BCUT2D eigenvalue weighted by Crippen LogP contribution is 2.39. The highest BCUT2D eigenvalue weighted by molar-refractivity contribution is 5.85. The maximum Gasteiger partial charge on any atom is 0.130 e. The fourth-order valence-electron chi connectivity index (χ4n) is 3.96. The number of ether oxygens (including phenoxy) is 2. The first-order chi connectivity index (χ1) is 12.1. The van der Waals surface area contributed by atoms with Gasteiger partial charge in [0.05, 0.1) is 12.6 Å². The lowest BCUT2D eigenvalue weighted by Gasteiger charge is -2.42. The summed E-state index contributed by atoms with van der Waals surface area (Å²) in [5.74, 6) is 1.72. The molecule has 1 fully saturated rings. The number of likely N-dealkylation sites (tertiary alicyclic amines) is 1. The van der Waals surface area contributed by atoms with Gasteiger partial charge in [-0.2, -0.15) is 0 Å². The van der Waals surface area contributed by atoms with Gasteiger partial charge in [-0.1, -0.05) is 20.8 Å². The molecular weight excluding hydrogens is 324 g/mol. The zero-order valence-electron chi connectivity index (χ0n) is 17.2. The quantitative estimate of drug-likeness (QED) is 0.783. The smallest absolute Gasteiger partial charge is 0.130 e. The molecule has 2 unspecified atom stereocenters. The van der Waals surface area contributed by atoms with Gasteiger partial charge in [0, 0.05) is 42.2 Å². The summed E-state index contributed by atoms with van der Waals surface area (Å²) in [6.07, 6.45) is 3.04. The van der Waals surface area contributed by atoms with E-state index in [9.17, 15) is 0 Å². The van der Waals surface area contributed by atoms with Crippen LogP contribution in [-0.4, -0.2) is 41.2 Å². The zero-order chi connectivity index (χ0) is 19.1. The predicted molar refractivity (Wildman–Crippen MR) is 107 cm³/mol. The van der Waals surface area contributed by atoms with E-state index in [1.54, 1.807) is 7.11 Å². The molecule has 1 saturated heterocycles. The summed E-state index contributed by atoms with van der Waals surface area (Å²) in [4.78, 5) is 7.06. The lowest BCUT2D eigenvalue weighted by atomic mass is 9.83. The summed E-state index contributed by atoms with van der Waals surface area (Å²) in [7, 11) is 1.67. The van der Waals surface area contributed by atoms with Crippen LogP contribution in [0.1, 0.15) is 48.0 Å². The van der Waals surface area contributed by atoms with Gasteiger partial charge in [0.2, 0.25) is 0 Å². The van der Waals surface area contributed by atoms with Crippen LogP contribution >= 0.6 is 0 Å². The molecule has 0 amide bonds. The first kappa shape index (κ1) is 19.0. The van der Waals surface area contributed by atoms with Crippen LogP contribution in [0.3, 0.4) is 0 Å². The third-order valence-corrected chi connectivity index (χ3v) is 5.33. The number of benzene rings is 1. The van der Waals surface area contributed by atoms with Crippen LogP contribution in [0.2, 0.25) is 0 Å². The Balaban J connectivity index is 1.87. The van der Waals surface area contributed by atoms with E-state index < -0.39 is 0 Å². The number of rotatable bonds is 3. The van der Waals surface area contributed by atoms with Crippen LogP contribution in [-0.2, 0) is 0 Å². The van der Waals surface area contributed by atoms with E-state index in [4.69, 9.17) is 9.47 Å². The Bertz CT molecular complexity index is 752. The van der Waals surface area contributed by atoms with Gasteiger partial charge < -0.3 is 9.47 Å². The first-order valence-electron chi connectivity index (χ1n) is 9.46. The Hall–Kier alpha value is -1.81. The maximum atomic E-state index is 6.49. The van der Waals surface area contributed by atoms with Gasteiger partial charge in [-0.3, -0.25) is 9.88 Å². The minimum atomic E-state index is 0.129. The molecule has 4 heteroatoms. The Morgan fingerprint density at radius 3 is 2.38 bits per heavy atom. The average molecular weight is 357 g/mol. The lowest BCUT2D eigenvalue weighted by molar-refractivity contribution is 0.0559. The minimum Gasteiger partial charge on any atom is -0.497 e. The summed E-state index contributed by atoms with van der Waals surface area (Å²) in [5.41, 5.74) is 1.25. The molecule has 0 bridgehead atoms. The largest absolute Gasteiger partial charge is 0.497 e. The second-order valence-electron chi connectivity index (χ2n) is 9.37. The van der Waals surface area contributed by atoms with E-state index in [2.05, 4.69) is 51.4 Å². The van der Waals surface area contributed by atoms with E-state index in [1.165, 1.54) is 0 Å². The van der Waals surface area contributed by atoms with Gasteiger partial charge in [0.25, 0.3) is 0 Å². The topological polar surface area (TPSA) is 34.6 Å². The molecule has 0 radical (unpaired) electrons. The van der Waals surface area contributed by atoms with Crippen molar-refractivity contribution in [1.29, 1.82) is 0 Å². The molecule has 3 rings (SSSR count). The van der Waals surface area contributed by atoms with Gasteiger partial charge in [0.1, 0.15) is 17.6 Å². The number of hydrogen-bond donors (Lipinski definition) is 0. The minimum absolute atomic E-state index is 0.129. The van der Waals surface area contributed by atoms with Crippen LogP contribution in [0.4, 0.5) is 0 Å². The average Bonchev–Trinajstić information content (AvgIpc) is 2.99. The summed E-state index contributed by atoms with van der Waals surface area (Å²) in [6, 6.07) is 8.43. The highest BCUT2D eigenvalue weighted by atomic mass is 16.5. The van der Waals surface area contributed by atoms with Crippen molar-refractivity contribution in [2.24, 2.45) is 5.41 Å². The van der Waals surface area contributed by atoms with Gasteiger partial charge in [-0.15, -0.1) is 0 Å². The van der Waals surface area contributed by atoms with E-state index >= 15 is 0 Å². The van der Waals surface area contributed by atoms with E-state index in [0.29, 0.717) is 6.04 Å². The molecule has 1 aliphatic heterocycles. The molecule has 2 heterocycles. The summed E-state index contributed by atoms with van der Waals surface area (Å²) >= 11 is 0. The predicted octanol–water partition coefficient (Wildman–Crippen LogP) is 4.91. The van der Waals surface area contributed by atoms with Crippen LogP contribution < -0.4 is 9.47 Å². The monoisotopic (exact) mass is 356 g/mol. The number of nitrogens with zero attached hydrogens (tertiary/aromatic N) is 2. The van der Waals surface area contributed by atoms with Crippen molar-refractivity contribution in [1.82, 2.24) is 9.88 Å². The number of fused-ring (bicyclic) bond motifs is 1. The van der Waals surface area contributed by atoms with Crippen molar-refractivity contribution >= 4 is 10.9 Å². The molecule has 0 N–H and O–H groups in total. The third kappa shape index (κ3) is 3.80. The van der Waals surface area contributed by atoms with E-state index in [-0.39, 0.29) is 17.1 Å². The fraction of sp³-hybridized carbons (Fsp3) is 0.591. The molecule has 0 spiro atoms. The van der Waals surface area contributed by atoms with Gasteiger partial charge in [-0.25, -0.2) is 0 Å². The number of hydrogen-bond acceptors (Lipinski definition) is 4. The molecule has 1 aromatic heterocycles. The summed E-state index contributed by atoms with van der Waals surface area (Å²) in [5, 5.41) is 1.04. The molecule has 2 atom stereocenters. The molecule has 2 aromatic rings. The molecular formula is C22H32N2O2. The summed E-state index contributed by atoms with van der Waals surface area (Å²) < 4.78 is 11.8. The Labute approximate surface area is 157 Å². The molecule has 1 aliphatic rings. The first-order valence-corrected chi connectivity index (χ1v) is 9.46. The third-order valence-electron chi connectivity index (χ3n) is 5.33. The van der Waals surface area contributed by atoms with Gasteiger partial charge in [0.15, 0.2) is 0 Å². The fourth-order valence-corrected chi connectivity index (χ4v) is 3.96. The van der Waals surface area contributed by atoms with Crippen molar-refractivity contribution in [3.8, 4) is 11.5 Å². The van der Waals surface area contributed by atoms with Crippen molar-refractivity contribution in [3.63, 3.8) is 0 Å². The standard InChI is InChI=1S/C22H32N2O2/c1-21(2,3)20-13-16(14-24(20)22(4,5)6)26-19-10-11-23-18-12-15(25-7)8-9-17(18)19/h8-12,16,20H,13-14H2,1-7H3. The molecule has 0 saturated carbocycles. The van der Waals surface area contributed by atoms with Crippen molar-refractivity contribution in [2.45, 2.75) is 65.6 Å². The second-order valence-corrected chi connectivity index (χ2v) is 9.37. The molecule has 26 heavy (non-hydrogen) atoms. The normalized spacial score (nSPS) is 22.0. The van der Waals surface area contributed by atoms with Crippen molar-refractivity contribution < 1.29 is 9.47 Å². The number of pyridine rings is 1. The van der Waals surface area contributed by atoms with Crippen LogP contribution in [0.5, 0.6) is 11.5 Å². The van der Waals surface area contributed by atoms with E-state index in [1.807, 2.05) is 30.5 Å². The molecule has 4 nitrogen and oxygen atoms in total. The molecule has 1 aromatic carbocycles. The Morgan fingerprint density at radius 2 is 1.81 bits per heavy atom. The SMILES string of the molecule is COc1ccc2c(OC3CC(C(C)(C)C)N(C(C)(C)C)C3)ccnc2c1. The molecule has 142 valence electrons. The van der Waals surface area contributed by atoms with Crippen LogP contribution in [0, 0.1) is 5.41 Å². The van der Waals surface area contributed by atoms with Crippen LogP contribution in [0.25, 0.3) is 10.9 Å². The van der Waals surface area contributed by atoms with Crippen molar-refractivity contribution in [3.05, 3.63) is 30.5 Å². The highest BCUT2D eigenvalue weighted by Gasteiger charge is 2.44. The second kappa shape index (κ2) is 6.73. The van der Waals surface area contributed by atoms with Gasteiger partial charge >= 0.3 is 0 Å².